The van der Waals surface area contributed by atoms with E-state index in [1.54, 1.807) is 29.6 Å². The number of rotatable bonds is 3. The number of alkyl halides is 12. The van der Waals surface area contributed by atoms with Gasteiger partial charge in [0, 0.05) is 10.8 Å². The third kappa shape index (κ3) is 5.30. The predicted octanol–water partition coefficient (Wildman–Crippen LogP) is 10.4. The Bertz CT molecular complexity index is 1750. The molecule has 0 amide bonds. The first-order valence-electron chi connectivity index (χ1n) is 11.3. The van der Waals surface area contributed by atoms with Crippen molar-refractivity contribution in [3.63, 3.8) is 0 Å². The summed E-state index contributed by atoms with van der Waals surface area (Å²) in [5, 5.41) is 9.57. The van der Waals surface area contributed by atoms with E-state index in [0.29, 0.717) is 15.6 Å². The van der Waals surface area contributed by atoms with Crippen LogP contribution in [0.25, 0.3) is 32.1 Å². The first-order chi connectivity index (χ1) is 19.4. The standard InChI is InChI=1S/C26H10F12N2OS/c27-23(28,29)15-10-16(24(30,31)32)19(26(36,37)38)21(18(15)25(33,34)35)41-22-14-9-12-5-2-1-4-11(12)8-13(14)20(39-40-22)17-6-3-7-42-17/h1-10H. The second kappa shape index (κ2) is 9.74. The van der Waals surface area contributed by atoms with Crippen LogP contribution in [0.1, 0.15) is 22.3 Å². The Morgan fingerprint density at radius 3 is 1.55 bits per heavy atom. The summed E-state index contributed by atoms with van der Waals surface area (Å²) in [7, 11) is 0. The molecule has 0 fully saturated rings. The molecule has 0 atom stereocenters. The number of hydrogen-bond donors (Lipinski definition) is 0. The van der Waals surface area contributed by atoms with Crippen LogP contribution in [0.4, 0.5) is 52.7 Å². The molecule has 0 aliphatic rings. The minimum absolute atomic E-state index is 0.0475. The SMILES string of the molecule is FC(F)(F)c1cc(C(F)(F)F)c(C(F)(F)F)c(Oc2nnc(-c3cccs3)c3cc4ccccc4cc23)c1C(F)(F)F. The van der Waals surface area contributed by atoms with Gasteiger partial charge in [0.05, 0.1) is 16.0 Å². The van der Waals surface area contributed by atoms with Gasteiger partial charge in [0.1, 0.15) is 16.8 Å². The van der Waals surface area contributed by atoms with E-state index in [9.17, 15) is 52.7 Å². The molecule has 0 saturated carbocycles. The highest BCUT2D eigenvalue weighted by Crippen LogP contribution is 2.55. The van der Waals surface area contributed by atoms with Gasteiger partial charge in [-0.25, -0.2) is 0 Å². The maximum absolute atomic E-state index is 14.0. The van der Waals surface area contributed by atoms with Crippen molar-refractivity contribution in [2.45, 2.75) is 24.7 Å². The van der Waals surface area contributed by atoms with Crippen LogP contribution in [0.3, 0.4) is 0 Å². The third-order valence-corrected chi connectivity index (χ3v) is 6.90. The second-order valence-electron chi connectivity index (χ2n) is 8.72. The summed E-state index contributed by atoms with van der Waals surface area (Å²) in [6.45, 7) is 0. The van der Waals surface area contributed by atoms with Gasteiger partial charge in [-0.3, -0.25) is 0 Å². The number of hydrogen-bond acceptors (Lipinski definition) is 4. The fourth-order valence-electron chi connectivity index (χ4n) is 4.35. The zero-order valence-corrected chi connectivity index (χ0v) is 20.8. The lowest BCUT2D eigenvalue weighted by Crippen LogP contribution is -2.25. The molecule has 5 rings (SSSR count). The second-order valence-corrected chi connectivity index (χ2v) is 9.67. The normalized spacial score (nSPS) is 13.2. The largest absolute Gasteiger partial charge is 0.436 e. The van der Waals surface area contributed by atoms with Crippen LogP contribution in [-0.4, -0.2) is 10.2 Å². The minimum Gasteiger partial charge on any atom is -0.436 e. The lowest BCUT2D eigenvalue weighted by Gasteiger charge is -2.26. The highest BCUT2D eigenvalue weighted by Gasteiger charge is 2.54. The van der Waals surface area contributed by atoms with E-state index in [2.05, 4.69) is 10.2 Å². The Morgan fingerprint density at radius 2 is 1.10 bits per heavy atom. The van der Waals surface area contributed by atoms with Crippen LogP contribution in [0, 0.1) is 0 Å². The Morgan fingerprint density at radius 1 is 0.571 bits per heavy atom. The molecule has 5 aromatic rings. The highest BCUT2D eigenvalue weighted by molar-refractivity contribution is 7.13. The summed E-state index contributed by atoms with van der Waals surface area (Å²) in [6.07, 6.45) is -24.8. The molecule has 0 unspecified atom stereocenters. The van der Waals surface area contributed by atoms with Crippen LogP contribution in [-0.2, 0) is 24.7 Å². The zero-order chi connectivity index (χ0) is 30.8. The Hall–Kier alpha value is -4.08. The number of benzene rings is 3. The molecule has 3 nitrogen and oxygen atoms in total. The lowest BCUT2D eigenvalue weighted by molar-refractivity contribution is -0.172. The first kappa shape index (κ1) is 29.4. The monoisotopic (exact) mass is 626 g/mol. The summed E-state index contributed by atoms with van der Waals surface area (Å²) in [5.41, 5.74) is -12.2. The number of aromatic nitrogens is 2. The Labute approximate surface area is 230 Å². The predicted molar refractivity (Wildman–Crippen MR) is 127 cm³/mol. The van der Waals surface area contributed by atoms with E-state index < -0.39 is 64.7 Å². The average Bonchev–Trinajstić information content (AvgIpc) is 3.39. The van der Waals surface area contributed by atoms with Crippen molar-refractivity contribution in [3.8, 4) is 22.2 Å². The van der Waals surface area contributed by atoms with Gasteiger partial charge in [0.15, 0.2) is 5.75 Å². The summed E-state index contributed by atoms with van der Waals surface area (Å²) >= 11 is 1.14. The minimum atomic E-state index is -6.25. The van der Waals surface area contributed by atoms with Crippen molar-refractivity contribution in [1.29, 1.82) is 0 Å². The smallest absolute Gasteiger partial charge is 0.420 e. The van der Waals surface area contributed by atoms with Gasteiger partial charge >= 0.3 is 24.7 Å². The Balaban J connectivity index is 1.92. The molecule has 0 saturated heterocycles. The molecule has 2 aromatic heterocycles. The number of thiophene rings is 1. The number of ether oxygens (including phenoxy) is 1. The quantitative estimate of drug-likeness (QED) is 0.148. The summed E-state index contributed by atoms with van der Waals surface area (Å²) in [5.74, 6) is -3.94. The zero-order valence-electron chi connectivity index (χ0n) is 20.0. The number of nitrogens with zero attached hydrogens (tertiary/aromatic N) is 2. The molecule has 0 bridgehead atoms. The Kier molecular flexibility index (Phi) is 6.82. The van der Waals surface area contributed by atoms with Crippen LogP contribution in [0.5, 0.6) is 11.6 Å². The van der Waals surface area contributed by atoms with E-state index in [1.807, 2.05) is 0 Å². The van der Waals surface area contributed by atoms with Crippen molar-refractivity contribution in [1.82, 2.24) is 10.2 Å². The van der Waals surface area contributed by atoms with Crippen molar-refractivity contribution in [2.75, 3.05) is 0 Å². The topological polar surface area (TPSA) is 35.0 Å². The molecular weight excluding hydrogens is 616 g/mol. The van der Waals surface area contributed by atoms with Gasteiger partial charge in [-0.2, -0.15) is 52.7 Å². The third-order valence-electron chi connectivity index (χ3n) is 6.02. The first-order valence-corrected chi connectivity index (χ1v) is 12.2. The molecule has 220 valence electrons. The molecule has 0 radical (unpaired) electrons. The summed E-state index contributed by atoms with van der Waals surface area (Å²) in [6, 6.07) is 10.9. The fraction of sp³-hybridized carbons (Fsp3) is 0.154. The molecule has 0 aliphatic carbocycles. The maximum atomic E-state index is 14.0. The summed E-state index contributed by atoms with van der Waals surface area (Å²) in [4.78, 5) is 0.444. The van der Waals surface area contributed by atoms with Crippen molar-refractivity contribution in [3.05, 3.63) is 82.2 Å². The molecule has 0 N–H and O–H groups in total. The fourth-order valence-corrected chi connectivity index (χ4v) is 5.08. The molecule has 0 spiro atoms. The van der Waals surface area contributed by atoms with Gasteiger partial charge in [-0.1, -0.05) is 30.3 Å². The lowest BCUT2D eigenvalue weighted by atomic mass is 9.94. The van der Waals surface area contributed by atoms with Gasteiger partial charge in [-0.15, -0.1) is 21.5 Å². The molecule has 0 aliphatic heterocycles. The van der Waals surface area contributed by atoms with E-state index in [0.717, 1.165) is 11.3 Å². The van der Waals surface area contributed by atoms with Crippen LogP contribution in [0.15, 0.2) is 60.0 Å². The van der Waals surface area contributed by atoms with E-state index in [1.165, 1.54) is 24.3 Å². The molecule has 3 aromatic carbocycles. The van der Waals surface area contributed by atoms with Gasteiger partial charge in [0.25, 0.3) is 0 Å². The van der Waals surface area contributed by atoms with Crippen molar-refractivity contribution < 1.29 is 57.4 Å². The number of fused-ring (bicyclic) bond motifs is 2. The number of halogens is 12. The van der Waals surface area contributed by atoms with Crippen molar-refractivity contribution in [2.24, 2.45) is 0 Å². The van der Waals surface area contributed by atoms with E-state index in [-0.39, 0.29) is 16.5 Å². The molecular formula is C26H10F12N2OS. The van der Waals surface area contributed by atoms with Gasteiger partial charge < -0.3 is 4.74 Å². The maximum Gasteiger partial charge on any atom is 0.420 e. The van der Waals surface area contributed by atoms with E-state index >= 15 is 0 Å². The molecule has 42 heavy (non-hydrogen) atoms. The average molecular weight is 626 g/mol. The van der Waals surface area contributed by atoms with Crippen molar-refractivity contribution >= 4 is 32.9 Å². The van der Waals surface area contributed by atoms with Gasteiger partial charge in [0.2, 0.25) is 5.88 Å². The molecule has 2 heterocycles. The van der Waals surface area contributed by atoms with Crippen LogP contribution >= 0.6 is 11.3 Å². The highest BCUT2D eigenvalue weighted by atomic mass is 32.1. The van der Waals surface area contributed by atoms with Gasteiger partial charge in [-0.05, 0) is 40.4 Å². The summed E-state index contributed by atoms with van der Waals surface area (Å²) < 4.78 is 171. The molecule has 16 heteroatoms. The van der Waals surface area contributed by atoms with E-state index in [4.69, 9.17) is 4.74 Å². The van der Waals surface area contributed by atoms with Crippen LogP contribution in [0.2, 0.25) is 0 Å². The van der Waals surface area contributed by atoms with Crippen LogP contribution < -0.4 is 4.74 Å².